The number of aryl methyl sites for hydroxylation is 2. The molecule has 0 radical (unpaired) electrons. The van der Waals surface area contributed by atoms with Gasteiger partial charge in [0.25, 0.3) is 5.56 Å². The number of H-pyrrole nitrogens is 1. The summed E-state index contributed by atoms with van der Waals surface area (Å²) >= 11 is 5.78. The predicted molar refractivity (Wildman–Crippen MR) is 139 cm³/mol. The molecule has 3 aromatic carbocycles. The van der Waals surface area contributed by atoms with Gasteiger partial charge in [-0.05, 0) is 79.2 Å². The molecule has 1 aliphatic heterocycles. The first-order valence-electron chi connectivity index (χ1n) is 11.1. The number of fused-ring (bicyclic) bond motifs is 2. The molecule has 172 valence electrons. The zero-order valence-corrected chi connectivity index (χ0v) is 19.9. The van der Waals surface area contributed by atoms with E-state index in [1.165, 1.54) is 0 Å². The average Bonchev–Trinajstić information content (AvgIpc) is 3.28. The Hall–Kier alpha value is -3.84. The number of pyridine rings is 1. The molecular weight excluding hydrogens is 446 g/mol. The van der Waals surface area contributed by atoms with Crippen LogP contribution in [0.25, 0.3) is 10.9 Å². The first kappa shape index (κ1) is 22.0. The number of aromatic amines is 1. The molecule has 0 bridgehead atoms. The fraction of sp³-hybridized carbons (Fsp3) is 0.185. The summed E-state index contributed by atoms with van der Waals surface area (Å²) in [6, 6.07) is 21.7. The molecule has 0 aliphatic carbocycles. The number of benzene rings is 3. The maximum absolute atomic E-state index is 13.0. The molecule has 1 aliphatic rings. The van der Waals surface area contributed by atoms with E-state index in [9.17, 15) is 4.79 Å². The van der Waals surface area contributed by atoms with Crippen LogP contribution in [-0.4, -0.2) is 21.8 Å². The van der Waals surface area contributed by atoms with Gasteiger partial charge in [-0.15, -0.1) is 0 Å². The molecule has 34 heavy (non-hydrogen) atoms. The van der Waals surface area contributed by atoms with Crippen molar-refractivity contribution in [3.63, 3.8) is 0 Å². The zero-order valence-electron chi connectivity index (χ0n) is 19.1. The van der Waals surface area contributed by atoms with Gasteiger partial charge in [-0.3, -0.25) is 4.79 Å². The molecule has 5 rings (SSSR count). The third-order valence-corrected chi connectivity index (χ3v) is 6.23. The van der Waals surface area contributed by atoms with Crippen molar-refractivity contribution in [2.75, 3.05) is 12.1 Å². The number of rotatable bonds is 5. The standard InChI is InChI=1S/C27H25N3O3S/c1-17-10-18(2)22-13-20(26(31)29-23(22)11-17)15-30(27(34)28-21-6-4-3-5-7-21)14-19-8-9-24-25(12-19)33-16-32-24/h3-13H,14-16H2,1-2H3,(H,28,34)(H,29,31). The Kier molecular flexibility index (Phi) is 5.94. The SMILES string of the molecule is Cc1cc(C)c2cc(CN(Cc3ccc4c(c3)OCO4)C(=S)Nc3ccccc3)c(=O)[nH]c2c1. The second kappa shape index (κ2) is 9.19. The fourth-order valence-electron chi connectivity index (χ4n) is 4.22. The minimum atomic E-state index is -0.115. The Bertz CT molecular complexity index is 1430. The maximum atomic E-state index is 13.0. The quantitative estimate of drug-likeness (QED) is 0.387. The van der Waals surface area contributed by atoms with Crippen molar-refractivity contribution < 1.29 is 9.47 Å². The van der Waals surface area contributed by atoms with Gasteiger partial charge in [0.05, 0.1) is 6.54 Å². The molecule has 4 aromatic rings. The fourth-order valence-corrected chi connectivity index (χ4v) is 4.47. The van der Waals surface area contributed by atoms with E-state index in [4.69, 9.17) is 21.7 Å². The highest BCUT2D eigenvalue weighted by Crippen LogP contribution is 2.33. The molecule has 0 unspecified atom stereocenters. The van der Waals surface area contributed by atoms with Gasteiger partial charge in [0.2, 0.25) is 6.79 Å². The van der Waals surface area contributed by atoms with Gasteiger partial charge < -0.3 is 24.7 Å². The van der Waals surface area contributed by atoms with Crippen LogP contribution in [0, 0.1) is 13.8 Å². The number of ether oxygens (including phenoxy) is 2. The van der Waals surface area contributed by atoms with Crippen molar-refractivity contribution in [2.24, 2.45) is 0 Å². The predicted octanol–water partition coefficient (Wildman–Crippen LogP) is 5.27. The Morgan fingerprint density at radius 2 is 1.79 bits per heavy atom. The van der Waals surface area contributed by atoms with Gasteiger partial charge in [0, 0.05) is 28.7 Å². The van der Waals surface area contributed by atoms with Crippen molar-refractivity contribution in [3.05, 3.63) is 99.3 Å². The van der Waals surface area contributed by atoms with Crippen LogP contribution in [0.4, 0.5) is 5.69 Å². The molecule has 0 saturated heterocycles. The molecule has 0 amide bonds. The first-order valence-corrected chi connectivity index (χ1v) is 11.5. The number of anilines is 1. The lowest BCUT2D eigenvalue weighted by molar-refractivity contribution is 0.174. The van der Waals surface area contributed by atoms with E-state index in [0.29, 0.717) is 29.5 Å². The van der Waals surface area contributed by atoms with E-state index in [-0.39, 0.29) is 12.4 Å². The molecule has 7 heteroatoms. The maximum Gasteiger partial charge on any atom is 0.253 e. The van der Waals surface area contributed by atoms with Gasteiger partial charge in [0.15, 0.2) is 16.6 Å². The van der Waals surface area contributed by atoms with Crippen LogP contribution in [0.1, 0.15) is 22.3 Å². The van der Waals surface area contributed by atoms with Gasteiger partial charge >= 0.3 is 0 Å². The van der Waals surface area contributed by atoms with E-state index in [2.05, 4.69) is 23.3 Å². The second-order valence-electron chi connectivity index (χ2n) is 8.51. The molecule has 1 aromatic heterocycles. The monoisotopic (exact) mass is 471 g/mol. The molecule has 0 saturated carbocycles. The summed E-state index contributed by atoms with van der Waals surface area (Å²) in [4.78, 5) is 18.0. The molecule has 0 atom stereocenters. The number of para-hydroxylation sites is 1. The van der Waals surface area contributed by atoms with E-state index in [1.54, 1.807) is 0 Å². The minimum Gasteiger partial charge on any atom is -0.454 e. The lowest BCUT2D eigenvalue weighted by Gasteiger charge is -2.26. The van der Waals surface area contributed by atoms with E-state index in [0.717, 1.165) is 39.0 Å². The highest BCUT2D eigenvalue weighted by Gasteiger charge is 2.18. The van der Waals surface area contributed by atoms with Gasteiger partial charge in [-0.25, -0.2) is 0 Å². The highest BCUT2D eigenvalue weighted by atomic mass is 32.1. The molecule has 0 fully saturated rings. The number of nitrogens with zero attached hydrogens (tertiary/aromatic N) is 1. The number of hydrogen-bond acceptors (Lipinski definition) is 4. The lowest BCUT2D eigenvalue weighted by atomic mass is 10.0. The van der Waals surface area contributed by atoms with Gasteiger partial charge in [-0.2, -0.15) is 0 Å². The van der Waals surface area contributed by atoms with Gasteiger partial charge in [-0.1, -0.05) is 30.3 Å². The smallest absolute Gasteiger partial charge is 0.253 e. The molecular formula is C27H25N3O3S. The van der Waals surface area contributed by atoms with Crippen molar-refractivity contribution in [1.82, 2.24) is 9.88 Å². The summed E-state index contributed by atoms with van der Waals surface area (Å²) < 4.78 is 11.0. The molecule has 2 heterocycles. The molecule has 0 spiro atoms. The minimum absolute atomic E-state index is 0.115. The first-order chi connectivity index (χ1) is 16.5. The summed E-state index contributed by atoms with van der Waals surface area (Å²) in [7, 11) is 0. The third kappa shape index (κ3) is 4.61. The number of hydrogen-bond donors (Lipinski definition) is 2. The summed E-state index contributed by atoms with van der Waals surface area (Å²) in [6.45, 7) is 5.16. The van der Waals surface area contributed by atoms with Crippen LogP contribution in [-0.2, 0) is 13.1 Å². The highest BCUT2D eigenvalue weighted by molar-refractivity contribution is 7.80. The van der Waals surface area contributed by atoms with Crippen LogP contribution >= 0.6 is 12.2 Å². The van der Waals surface area contributed by atoms with Crippen molar-refractivity contribution in [3.8, 4) is 11.5 Å². The van der Waals surface area contributed by atoms with Gasteiger partial charge in [0.1, 0.15) is 0 Å². The summed E-state index contributed by atoms with van der Waals surface area (Å²) in [6.07, 6.45) is 0. The lowest BCUT2D eigenvalue weighted by Crippen LogP contribution is -2.35. The Morgan fingerprint density at radius 3 is 2.62 bits per heavy atom. The normalized spacial score (nSPS) is 12.1. The molecule has 2 N–H and O–H groups in total. The van der Waals surface area contributed by atoms with Crippen LogP contribution in [0.3, 0.4) is 0 Å². The third-order valence-electron chi connectivity index (χ3n) is 5.87. The summed E-state index contributed by atoms with van der Waals surface area (Å²) in [5, 5.41) is 4.86. The van der Waals surface area contributed by atoms with Crippen LogP contribution < -0.4 is 20.3 Å². The number of nitrogens with one attached hydrogen (secondary N) is 2. The van der Waals surface area contributed by atoms with Crippen LogP contribution in [0.15, 0.2) is 71.5 Å². The summed E-state index contributed by atoms with van der Waals surface area (Å²) in [5.41, 5.74) is 5.52. The van der Waals surface area contributed by atoms with Crippen LogP contribution in [0.2, 0.25) is 0 Å². The second-order valence-corrected chi connectivity index (χ2v) is 8.89. The van der Waals surface area contributed by atoms with Crippen molar-refractivity contribution in [2.45, 2.75) is 26.9 Å². The average molecular weight is 472 g/mol. The van der Waals surface area contributed by atoms with E-state index in [1.807, 2.05) is 72.5 Å². The summed E-state index contributed by atoms with van der Waals surface area (Å²) in [5.74, 6) is 1.45. The number of aromatic nitrogens is 1. The number of thiocarbonyl (C=S) groups is 1. The largest absolute Gasteiger partial charge is 0.454 e. The van der Waals surface area contributed by atoms with Crippen molar-refractivity contribution in [1.29, 1.82) is 0 Å². The topological polar surface area (TPSA) is 66.6 Å². The van der Waals surface area contributed by atoms with Crippen molar-refractivity contribution >= 4 is 33.9 Å². The Morgan fingerprint density at radius 1 is 1.00 bits per heavy atom. The Labute approximate surface area is 203 Å². The molecule has 6 nitrogen and oxygen atoms in total. The van der Waals surface area contributed by atoms with E-state index >= 15 is 0 Å². The zero-order chi connectivity index (χ0) is 23.7. The Balaban J connectivity index is 1.48. The van der Waals surface area contributed by atoms with Crippen LogP contribution in [0.5, 0.6) is 11.5 Å². The van der Waals surface area contributed by atoms with E-state index < -0.39 is 0 Å².